The van der Waals surface area contributed by atoms with Gasteiger partial charge >= 0.3 is 0 Å². The van der Waals surface area contributed by atoms with E-state index < -0.39 is 47.8 Å². The van der Waals surface area contributed by atoms with E-state index in [1.807, 2.05) is 0 Å². The van der Waals surface area contributed by atoms with Gasteiger partial charge in [-0.3, -0.25) is 4.79 Å². The highest BCUT2D eigenvalue weighted by Crippen LogP contribution is 2.29. The van der Waals surface area contributed by atoms with Gasteiger partial charge in [0.2, 0.25) is 10.0 Å². The Morgan fingerprint density at radius 3 is 2.41 bits per heavy atom. The zero-order chi connectivity index (χ0) is 20.4. The van der Waals surface area contributed by atoms with Gasteiger partial charge in [-0.25, -0.2) is 26.4 Å². The van der Waals surface area contributed by atoms with Crippen LogP contribution < -0.4 is 10.5 Å². The number of benzene rings is 2. The van der Waals surface area contributed by atoms with E-state index in [-0.39, 0.29) is 15.1 Å². The summed E-state index contributed by atoms with van der Waals surface area (Å²) in [5.74, 6) is -2.83. The Morgan fingerprint density at radius 1 is 1.19 bits per heavy atom. The van der Waals surface area contributed by atoms with Gasteiger partial charge in [-0.15, -0.1) is 6.58 Å². The van der Waals surface area contributed by atoms with E-state index in [4.69, 9.17) is 5.14 Å². The van der Waals surface area contributed by atoms with E-state index in [1.165, 1.54) is 30.3 Å². The molecule has 2 aromatic carbocycles. The maximum absolute atomic E-state index is 14.8. The Morgan fingerprint density at radius 2 is 1.81 bits per heavy atom. The molecule has 0 unspecified atom stereocenters. The van der Waals surface area contributed by atoms with Gasteiger partial charge in [-0.2, -0.15) is 0 Å². The van der Waals surface area contributed by atoms with Crippen molar-refractivity contribution in [3.63, 3.8) is 0 Å². The Balaban J connectivity index is 2.53. The van der Waals surface area contributed by atoms with Gasteiger partial charge in [-0.05, 0) is 40.2 Å². The van der Waals surface area contributed by atoms with E-state index in [9.17, 15) is 26.0 Å². The predicted octanol–water partition coefficient (Wildman–Crippen LogP) is 2.45. The molecule has 2 rings (SSSR count). The SMILES string of the molecule is C=CCS(=O)(=O)c1c(Br)ccc(C(=O)Nc2ccccc2S(N)(=O)=O)c1F. The molecule has 144 valence electrons. The molecule has 3 N–H and O–H groups in total. The minimum Gasteiger partial charge on any atom is -0.321 e. The average Bonchev–Trinajstić information content (AvgIpc) is 2.53. The molecule has 0 atom stereocenters. The lowest BCUT2D eigenvalue weighted by Crippen LogP contribution is -2.20. The van der Waals surface area contributed by atoms with E-state index in [0.717, 1.165) is 12.1 Å². The predicted molar refractivity (Wildman–Crippen MR) is 102 cm³/mol. The third-order valence-corrected chi connectivity index (χ3v) is 6.97. The first-order valence-corrected chi connectivity index (χ1v) is 11.2. The van der Waals surface area contributed by atoms with Crippen LogP contribution in [0.2, 0.25) is 0 Å². The van der Waals surface area contributed by atoms with E-state index >= 15 is 0 Å². The number of nitrogens with two attached hydrogens (primary N) is 1. The molecule has 27 heavy (non-hydrogen) atoms. The molecule has 2 aromatic rings. The number of halogens is 2. The number of sulfone groups is 1. The second-order valence-electron chi connectivity index (χ2n) is 5.30. The van der Waals surface area contributed by atoms with Crippen LogP contribution in [-0.4, -0.2) is 28.5 Å². The van der Waals surface area contributed by atoms with Crippen LogP contribution in [0.15, 0.2) is 63.3 Å². The number of hydrogen-bond acceptors (Lipinski definition) is 5. The zero-order valence-electron chi connectivity index (χ0n) is 13.6. The maximum atomic E-state index is 14.8. The number of hydrogen-bond donors (Lipinski definition) is 2. The van der Waals surface area contributed by atoms with Gasteiger partial charge in [0, 0.05) is 4.47 Å². The normalized spacial score (nSPS) is 11.8. The summed E-state index contributed by atoms with van der Waals surface area (Å²) in [6.07, 6.45) is 1.09. The van der Waals surface area contributed by atoms with Crippen LogP contribution in [0.3, 0.4) is 0 Å². The van der Waals surface area contributed by atoms with Crippen LogP contribution in [0.4, 0.5) is 10.1 Å². The van der Waals surface area contributed by atoms with Crippen LogP contribution in [0.25, 0.3) is 0 Å². The number of carbonyl (C=O) groups excluding carboxylic acids is 1. The van der Waals surface area contributed by atoms with Crippen molar-refractivity contribution in [2.24, 2.45) is 5.14 Å². The summed E-state index contributed by atoms with van der Waals surface area (Å²) in [4.78, 5) is 11.4. The number of amides is 1. The Hall–Kier alpha value is -2.08. The second kappa shape index (κ2) is 7.89. The topological polar surface area (TPSA) is 123 Å². The molecule has 0 saturated carbocycles. The molecule has 0 radical (unpaired) electrons. The van der Waals surface area contributed by atoms with Crippen molar-refractivity contribution >= 4 is 47.4 Å². The van der Waals surface area contributed by atoms with E-state index in [2.05, 4.69) is 27.8 Å². The van der Waals surface area contributed by atoms with Crippen LogP contribution in [0.1, 0.15) is 10.4 Å². The highest BCUT2D eigenvalue weighted by molar-refractivity contribution is 9.10. The fourth-order valence-corrected chi connectivity index (χ4v) is 5.20. The van der Waals surface area contributed by atoms with Gasteiger partial charge in [0.25, 0.3) is 5.91 Å². The standard InChI is InChI=1S/C16H14BrFN2O5S2/c1-2-9-26(22,23)15-11(17)8-7-10(14(15)18)16(21)20-12-5-3-4-6-13(12)27(19,24)25/h2-8H,1,9H2,(H,20,21)(H2,19,24,25). The molecule has 1 amide bonds. The summed E-state index contributed by atoms with van der Waals surface area (Å²) >= 11 is 2.96. The number of nitrogens with one attached hydrogen (secondary N) is 1. The van der Waals surface area contributed by atoms with Crippen molar-refractivity contribution in [2.75, 3.05) is 11.1 Å². The van der Waals surface area contributed by atoms with Crippen molar-refractivity contribution in [1.29, 1.82) is 0 Å². The number of anilines is 1. The largest absolute Gasteiger partial charge is 0.321 e. The summed E-state index contributed by atoms with van der Waals surface area (Å²) in [6, 6.07) is 7.56. The molecule has 0 aliphatic heterocycles. The molecule has 0 bridgehead atoms. The van der Waals surface area contributed by atoms with E-state index in [0.29, 0.717) is 0 Å². The molecule has 0 aliphatic carbocycles. The summed E-state index contributed by atoms with van der Waals surface area (Å²) in [5, 5.41) is 7.32. The molecular weight excluding hydrogens is 463 g/mol. The number of primary sulfonamides is 1. The molecule has 0 heterocycles. The van der Waals surface area contributed by atoms with Crippen LogP contribution in [0, 0.1) is 5.82 Å². The van der Waals surface area contributed by atoms with E-state index in [1.54, 1.807) is 0 Å². The minimum absolute atomic E-state index is 0.0525. The zero-order valence-corrected chi connectivity index (χ0v) is 16.9. The van der Waals surface area contributed by atoms with Crippen molar-refractivity contribution in [1.82, 2.24) is 0 Å². The lowest BCUT2D eigenvalue weighted by Gasteiger charge is -2.12. The quantitative estimate of drug-likeness (QED) is 0.619. The maximum Gasteiger partial charge on any atom is 0.258 e. The molecule has 0 spiro atoms. The molecule has 0 aliphatic rings. The van der Waals surface area contributed by atoms with Gasteiger partial charge in [0.1, 0.15) is 9.79 Å². The molecular formula is C16H14BrFN2O5S2. The Kier molecular flexibility index (Phi) is 6.20. The first kappa shape index (κ1) is 21.2. The van der Waals surface area contributed by atoms with Crippen LogP contribution in [0.5, 0.6) is 0 Å². The fraction of sp³-hybridized carbons (Fsp3) is 0.0625. The summed E-state index contributed by atoms with van der Waals surface area (Å²) in [7, 11) is -8.21. The molecule has 0 saturated heterocycles. The van der Waals surface area contributed by atoms with Gasteiger partial charge in [0.15, 0.2) is 15.7 Å². The number of rotatable bonds is 6. The Bertz CT molecular complexity index is 1130. The highest BCUT2D eigenvalue weighted by Gasteiger charge is 2.27. The van der Waals surface area contributed by atoms with Crippen molar-refractivity contribution in [3.05, 3.63) is 64.9 Å². The third-order valence-electron chi connectivity index (χ3n) is 3.38. The average molecular weight is 477 g/mol. The van der Waals surface area contributed by atoms with Crippen molar-refractivity contribution < 1.29 is 26.0 Å². The number of carbonyl (C=O) groups is 1. The highest BCUT2D eigenvalue weighted by atomic mass is 79.9. The van der Waals surface area contributed by atoms with Crippen molar-refractivity contribution in [3.8, 4) is 0 Å². The lowest BCUT2D eigenvalue weighted by atomic mass is 10.2. The molecule has 0 aromatic heterocycles. The fourth-order valence-electron chi connectivity index (χ4n) is 2.24. The lowest BCUT2D eigenvalue weighted by molar-refractivity contribution is 0.102. The van der Waals surface area contributed by atoms with Gasteiger partial charge < -0.3 is 5.32 Å². The smallest absolute Gasteiger partial charge is 0.258 e. The number of sulfonamides is 1. The van der Waals surface area contributed by atoms with Gasteiger partial charge in [-0.1, -0.05) is 18.2 Å². The first-order valence-electron chi connectivity index (χ1n) is 7.24. The summed E-state index contributed by atoms with van der Waals surface area (Å²) in [5.41, 5.74) is -0.743. The van der Waals surface area contributed by atoms with Crippen molar-refractivity contribution in [2.45, 2.75) is 9.79 Å². The molecule has 11 heteroatoms. The first-order chi connectivity index (χ1) is 12.5. The second-order valence-corrected chi connectivity index (χ2v) is 9.66. The molecule has 0 fully saturated rings. The third kappa shape index (κ3) is 4.61. The summed E-state index contributed by atoms with van der Waals surface area (Å²) < 4.78 is 62.4. The molecule has 7 nitrogen and oxygen atoms in total. The minimum atomic E-state index is -4.14. The number of para-hydroxylation sites is 1. The van der Waals surface area contributed by atoms with Crippen LogP contribution >= 0.6 is 15.9 Å². The Labute approximate surface area is 164 Å². The van der Waals surface area contributed by atoms with Crippen LogP contribution in [-0.2, 0) is 19.9 Å². The summed E-state index contributed by atoms with van der Waals surface area (Å²) in [6.45, 7) is 3.31. The monoisotopic (exact) mass is 476 g/mol. The van der Waals surface area contributed by atoms with Gasteiger partial charge in [0.05, 0.1) is 17.0 Å².